The number of benzene rings is 3. The van der Waals surface area contributed by atoms with E-state index >= 15 is 0 Å². The van der Waals surface area contributed by atoms with Crippen LogP contribution in [0, 0.1) is 27.7 Å². The molecule has 7 heteroatoms. The van der Waals surface area contributed by atoms with E-state index in [4.69, 9.17) is 0 Å². The summed E-state index contributed by atoms with van der Waals surface area (Å²) in [6.07, 6.45) is 0. The minimum absolute atomic E-state index is 0.121. The Morgan fingerprint density at radius 2 is 1.51 bits per heavy atom. The Hall–Kier alpha value is -3.58. The van der Waals surface area contributed by atoms with E-state index in [1.165, 1.54) is 16.7 Å². The summed E-state index contributed by atoms with van der Waals surface area (Å²) >= 11 is 1.32. The average molecular weight is 486 g/mol. The quantitative estimate of drug-likeness (QED) is 0.574. The Morgan fingerprint density at radius 1 is 0.914 bits per heavy atom. The highest BCUT2D eigenvalue weighted by atomic mass is 32.2. The fourth-order valence-corrected chi connectivity index (χ4v) is 6.54. The highest BCUT2D eigenvalue weighted by molar-refractivity contribution is 8.02. The zero-order chi connectivity index (χ0) is 24.9. The van der Waals surface area contributed by atoms with Crippen molar-refractivity contribution in [1.29, 1.82) is 0 Å². The lowest BCUT2D eigenvalue weighted by molar-refractivity contribution is -0.124. The molecule has 1 fully saturated rings. The topological polar surface area (TPSA) is 69.7 Å². The van der Waals surface area contributed by atoms with Crippen molar-refractivity contribution in [3.63, 3.8) is 0 Å². The van der Waals surface area contributed by atoms with Crippen LogP contribution in [0.5, 0.6) is 0 Å². The van der Waals surface area contributed by atoms with Crippen molar-refractivity contribution in [3.05, 3.63) is 88.5 Å². The lowest BCUT2D eigenvalue weighted by Crippen LogP contribution is -2.51. The second-order valence-corrected chi connectivity index (χ2v) is 10.5. The van der Waals surface area contributed by atoms with Gasteiger partial charge in [-0.25, -0.2) is 0 Å². The van der Waals surface area contributed by atoms with Crippen molar-refractivity contribution in [1.82, 2.24) is 0 Å². The summed E-state index contributed by atoms with van der Waals surface area (Å²) in [6, 6.07) is 19.2. The molecule has 6 nitrogen and oxygen atoms in total. The molecule has 1 atom stereocenters. The minimum atomic E-state index is -1.23. The SMILES string of the molecule is Cc1cc(C)cc(NC(=O)CN2C(=O)C3(SCC(=O)N3c3cc(C)cc(C)c3)c3ccccc32)c1. The van der Waals surface area contributed by atoms with Crippen LogP contribution in [0.1, 0.15) is 27.8 Å². The summed E-state index contributed by atoms with van der Waals surface area (Å²) in [5, 5.41) is 2.93. The van der Waals surface area contributed by atoms with Crippen molar-refractivity contribution in [2.75, 3.05) is 27.4 Å². The number of carbonyl (C=O) groups excluding carboxylic acids is 3. The van der Waals surface area contributed by atoms with Crippen molar-refractivity contribution in [2.45, 2.75) is 32.6 Å². The van der Waals surface area contributed by atoms with E-state index in [2.05, 4.69) is 5.32 Å². The van der Waals surface area contributed by atoms with E-state index in [1.54, 1.807) is 4.90 Å². The predicted octanol–water partition coefficient (Wildman–Crippen LogP) is 4.84. The van der Waals surface area contributed by atoms with Crippen LogP contribution < -0.4 is 15.1 Å². The van der Waals surface area contributed by atoms with E-state index in [-0.39, 0.29) is 30.0 Å². The van der Waals surface area contributed by atoms with Gasteiger partial charge in [0.25, 0.3) is 5.91 Å². The number of amides is 3. The zero-order valence-corrected chi connectivity index (χ0v) is 21.0. The Balaban J connectivity index is 1.52. The number of hydrogen-bond donors (Lipinski definition) is 1. The van der Waals surface area contributed by atoms with E-state index < -0.39 is 4.87 Å². The van der Waals surface area contributed by atoms with Crippen LogP contribution in [0.2, 0.25) is 0 Å². The third-order valence-corrected chi connectivity index (χ3v) is 7.72. The summed E-state index contributed by atoms with van der Waals surface area (Å²) in [7, 11) is 0. The van der Waals surface area contributed by atoms with Crippen LogP contribution in [0.3, 0.4) is 0 Å². The van der Waals surface area contributed by atoms with Gasteiger partial charge in [-0.2, -0.15) is 0 Å². The molecule has 178 valence electrons. The van der Waals surface area contributed by atoms with Crippen LogP contribution in [-0.2, 0) is 19.3 Å². The van der Waals surface area contributed by atoms with Gasteiger partial charge in [-0.05, 0) is 80.3 Å². The molecule has 1 spiro atoms. The van der Waals surface area contributed by atoms with E-state index in [0.717, 1.165) is 27.8 Å². The molecule has 0 bridgehead atoms. The average Bonchev–Trinajstić information content (AvgIpc) is 3.23. The number of thioether (sulfide) groups is 1. The Kier molecular flexibility index (Phi) is 5.68. The molecule has 2 heterocycles. The van der Waals surface area contributed by atoms with Gasteiger partial charge in [-0.1, -0.05) is 30.3 Å². The first-order chi connectivity index (χ1) is 16.7. The number of rotatable bonds is 4. The fourth-order valence-electron chi connectivity index (χ4n) is 5.18. The minimum Gasteiger partial charge on any atom is -0.325 e. The molecule has 35 heavy (non-hydrogen) atoms. The Labute approximate surface area is 209 Å². The van der Waals surface area contributed by atoms with Gasteiger partial charge in [0.05, 0.1) is 11.4 Å². The first-order valence-electron chi connectivity index (χ1n) is 11.5. The summed E-state index contributed by atoms with van der Waals surface area (Å²) in [5.74, 6) is -0.494. The van der Waals surface area contributed by atoms with Crippen molar-refractivity contribution in [3.8, 4) is 0 Å². The lowest BCUT2D eigenvalue weighted by Gasteiger charge is -2.33. The fraction of sp³-hybridized carbons (Fsp3) is 0.250. The normalized spacial score (nSPS) is 19.0. The second-order valence-electron chi connectivity index (χ2n) is 9.34. The Morgan fingerprint density at radius 3 is 2.17 bits per heavy atom. The molecular formula is C28H27N3O3S. The highest BCUT2D eigenvalue weighted by Gasteiger charge is 2.61. The maximum absolute atomic E-state index is 14.1. The number of nitrogens with zero attached hydrogens (tertiary/aromatic N) is 2. The van der Waals surface area contributed by atoms with Gasteiger partial charge in [0.2, 0.25) is 16.7 Å². The third-order valence-electron chi connectivity index (χ3n) is 6.34. The lowest BCUT2D eigenvalue weighted by atomic mass is 10.0. The molecule has 3 aromatic rings. The summed E-state index contributed by atoms with van der Waals surface area (Å²) in [5.41, 5.74) is 6.92. The van der Waals surface area contributed by atoms with Crippen molar-refractivity contribution < 1.29 is 14.4 Å². The van der Waals surface area contributed by atoms with Gasteiger partial charge in [0, 0.05) is 16.9 Å². The van der Waals surface area contributed by atoms with Crippen molar-refractivity contribution >= 4 is 46.5 Å². The molecule has 0 aliphatic carbocycles. The highest BCUT2D eigenvalue weighted by Crippen LogP contribution is 2.55. The predicted molar refractivity (Wildman–Crippen MR) is 141 cm³/mol. The van der Waals surface area contributed by atoms with Crippen LogP contribution in [0.25, 0.3) is 0 Å². The number of para-hydroxylation sites is 1. The molecule has 1 unspecified atom stereocenters. The van der Waals surface area contributed by atoms with Crippen molar-refractivity contribution in [2.24, 2.45) is 0 Å². The van der Waals surface area contributed by atoms with Crippen LogP contribution in [0.15, 0.2) is 60.7 Å². The number of nitrogens with one attached hydrogen (secondary N) is 1. The smallest absolute Gasteiger partial charge is 0.269 e. The van der Waals surface area contributed by atoms with E-state index in [9.17, 15) is 14.4 Å². The van der Waals surface area contributed by atoms with E-state index in [1.807, 2.05) is 88.4 Å². The number of fused-ring (bicyclic) bond motifs is 2. The zero-order valence-electron chi connectivity index (χ0n) is 20.2. The van der Waals surface area contributed by atoms with Crippen LogP contribution >= 0.6 is 11.8 Å². The molecule has 3 amide bonds. The number of hydrogen-bond acceptors (Lipinski definition) is 4. The molecular weight excluding hydrogens is 458 g/mol. The molecule has 0 radical (unpaired) electrons. The molecule has 1 saturated heterocycles. The molecule has 0 saturated carbocycles. The largest absolute Gasteiger partial charge is 0.325 e. The summed E-state index contributed by atoms with van der Waals surface area (Å²) in [6.45, 7) is 7.76. The van der Waals surface area contributed by atoms with Gasteiger partial charge in [-0.3, -0.25) is 24.2 Å². The number of carbonyl (C=O) groups is 3. The molecule has 3 aromatic carbocycles. The maximum atomic E-state index is 14.1. The maximum Gasteiger partial charge on any atom is 0.269 e. The van der Waals surface area contributed by atoms with Gasteiger partial charge in [0.15, 0.2) is 0 Å². The van der Waals surface area contributed by atoms with Crippen LogP contribution in [-0.4, -0.2) is 30.0 Å². The van der Waals surface area contributed by atoms with Gasteiger partial charge < -0.3 is 5.32 Å². The van der Waals surface area contributed by atoms with Gasteiger partial charge in [0.1, 0.15) is 6.54 Å². The molecule has 2 aliphatic heterocycles. The van der Waals surface area contributed by atoms with E-state index in [0.29, 0.717) is 17.1 Å². The first kappa shape index (κ1) is 23.2. The van der Waals surface area contributed by atoms with Gasteiger partial charge in [-0.15, -0.1) is 11.8 Å². The standard InChI is InChI=1S/C28H27N3O3S/c1-17-9-18(2)12-21(11-17)29-25(32)15-30-24-8-6-5-7-23(24)28(27(30)34)31(26(33)16-35-28)22-13-19(3)10-20(4)14-22/h5-14H,15-16H2,1-4H3,(H,29,32). The third kappa shape index (κ3) is 3.90. The number of anilines is 3. The molecule has 1 N–H and O–H groups in total. The second kappa shape index (κ2) is 8.57. The molecule has 0 aromatic heterocycles. The monoisotopic (exact) mass is 485 g/mol. The number of aryl methyl sites for hydroxylation is 4. The van der Waals surface area contributed by atoms with Crippen LogP contribution in [0.4, 0.5) is 17.1 Å². The summed E-state index contributed by atoms with van der Waals surface area (Å²) < 4.78 is 0. The Bertz CT molecular complexity index is 1350. The first-order valence-corrected chi connectivity index (χ1v) is 12.5. The molecule has 5 rings (SSSR count). The summed E-state index contributed by atoms with van der Waals surface area (Å²) in [4.78, 5) is 42.3. The molecule has 2 aliphatic rings. The van der Waals surface area contributed by atoms with Gasteiger partial charge >= 0.3 is 0 Å².